The van der Waals surface area contributed by atoms with E-state index in [4.69, 9.17) is 4.42 Å². The van der Waals surface area contributed by atoms with Crippen LogP contribution in [0.1, 0.15) is 38.9 Å². The largest absolute Gasteiger partial charge is 0.467 e. The van der Waals surface area contributed by atoms with Gasteiger partial charge in [-0.2, -0.15) is 0 Å². The van der Waals surface area contributed by atoms with Crippen molar-refractivity contribution in [2.45, 2.75) is 45.7 Å². The molecule has 0 bridgehead atoms. The van der Waals surface area contributed by atoms with Crippen molar-refractivity contribution in [3.05, 3.63) is 24.2 Å². The molecule has 3 heterocycles. The molecule has 2 amide bonds. The molecule has 1 aromatic rings. The summed E-state index contributed by atoms with van der Waals surface area (Å²) >= 11 is 0. The van der Waals surface area contributed by atoms with Crippen molar-refractivity contribution in [3.63, 3.8) is 0 Å². The van der Waals surface area contributed by atoms with E-state index in [-0.39, 0.29) is 17.9 Å². The number of hydrogen-bond donors (Lipinski definition) is 0. The molecular formula is C17H24N2O3. The highest BCUT2D eigenvalue weighted by molar-refractivity contribution is 5.91. The first-order chi connectivity index (χ1) is 10.5. The molecule has 2 saturated heterocycles. The maximum absolute atomic E-state index is 12.9. The van der Waals surface area contributed by atoms with E-state index in [2.05, 4.69) is 13.8 Å². The lowest BCUT2D eigenvalue weighted by Crippen LogP contribution is -2.50. The van der Waals surface area contributed by atoms with Gasteiger partial charge in [0.05, 0.1) is 12.8 Å². The van der Waals surface area contributed by atoms with Crippen LogP contribution >= 0.6 is 0 Å². The Hall–Kier alpha value is -1.78. The van der Waals surface area contributed by atoms with Crippen molar-refractivity contribution in [3.8, 4) is 0 Å². The van der Waals surface area contributed by atoms with E-state index in [1.165, 1.54) is 6.42 Å². The maximum Gasteiger partial charge on any atom is 0.245 e. The molecule has 0 spiro atoms. The second-order valence-corrected chi connectivity index (χ2v) is 6.84. The average molecular weight is 304 g/mol. The van der Waals surface area contributed by atoms with Gasteiger partial charge in [0.15, 0.2) is 0 Å². The molecule has 2 aliphatic heterocycles. The SMILES string of the molecule is C[C@@H]1C[C@@H](C)CN(C(=O)[C@H]2CCC(=O)N2Cc2ccco2)C1. The minimum atomic E-state index is -0.324. The van der Waals surface area contributed by atoms with Gasteiger partial charge in [-0.25, -0.2) is 0 Å². The fourth-order valence-corrected chi connectivity index (χ4v) is 3.81. The average Bonchev–Trinajstić information content (AvgIpc) is 3.09. The van der Waals surface area contributed by atoms with Crippen molar-refractivity contribution >= 4 is 11.8 Å². The smallest absolute Gasteiger partial charge is 0.245 e. The summed E-state index contributed by atoms with van der Waals surface area (Å²) in [6, 6.07) is 3.33. The first-order valence-corrected chi connectivity index (χ1v) is 8.15. The lowest BCUT2D eigenvalue weighted by Gasteiger charge is -2.37. The summed E-state index contributed by atoms with van der Waals surface area (Å²) in [5, 5.41) is 0. The van der Waals surface area contributed by atoms with Crippen LogP contribution in [-0.2, 0) is 16.1 Å². The van der Waals surface area contributed by atoms with Crippen LogP contribution < -0.4 is 0 Å². The number of amides is 2. The third-order valence-electron chi connectivity index (χ3n) is 4.70. The molecule has 2 aliphatic rings. The number of rotatable bonds is 3. The van der Waals surface area contributed by atoms with Gasteiger partial charge < -0.3 is 14.2 Å². The molecule has 120 valence electrons. The molecule has 3 rings (SSSR count). The van der Waals surface area contributed by atoms with Crippen LogP contribution in [0.15, 0.2) is 22.8 Å². The summed E-state index contributed by atoms with van der Waals surface area (Å²) in [5.41, 5.74) is 0. The van der Waals surface area contributed by atoms with Crippen molar-refractivity contribution < 1.29 is 14.0 Å². The van der Waals surface area contributed by atoms with E-state index in [0.29, 0.717) is 31.2 Å². The summed E-state index contributed by atoms with van der Waals surface area (Å²) in [6.45, 7) is 6.39. The van der Waals surface area contributed by atoms with Gasteiger partial charge in [0.1, 0.15) is 11.8 Å². The van der Waals surface area contributed by atoms with E-state index in [1.807, 2.05) is 11.0 Å². The molecule has 0 N–H and O–H groups in total. The van der Waals surface area contributed by atoms with Gasteiger partial charge in [0.25, 0.3) is 0 Å². The van der Waals surface area contributed by atoms with Gasteiger partial charge in [0.2, 0.25) is 11.8 Å². The molecule has 2 fully saturated rings. The molecule has 5 heteroatoms. The maximum atomic E-state index is 12.9. The third kappa shape index (κ3) is 3.03. The Bertz CT molecular complexity index is 530. The number of piperidine rings is 1. The Morgan fingerprint density at radius 3 is 2.68 bits per heavy atom. The number of likely N-dealkylation sites (tertiary alicyclic amines) is 2. The zero-order chi connectivity index (χ0) is 15.7. The van der Waals surface area contributed by atoms with E-state index in [1.54, 1.807) is 17.2 Å². The van der Waals surface area contributed by atoms with Crippen LogP contribution in [0.5, 0.6) is 0 Å². The number of furan rings is 1. The molecule has 22 heavy (non-hydrogen) atoms. The number of nitrogens with zero attached hydrogens (tertiary/aromatic N) is 2. The van der Waals surface area contributed by atoms with E-state index in [9.17, 15) is 9.59 Å². The quantitative estimate of drug-likeness (QED) is 0.861. The standard InChI is InChI=1S/C17H24N2O3/c1-12-8-13(2)10-18(9-12)17(21)15-5-6-16(20)19(15)11-14-4-3-7-22-14/h3-4,7,12-13,15H,5-6,8-11H2,1-2H3/t12-,13-,15-/m1/s1. The van der Waals surface area contributed by atoms with E-state index >= 15 is 0 Å². The molecule has 3 atom stereocenters. The van der Waals surface area contributed by atoms with Crippen molar-refractivity contribution in [2.24, 2.45) is 11.8 Å². The lowest BCUT2D eigenvalue weighted by atomic mass is 9.91. The van der Waals surface area contributed by atoms with Gasteiger partial charge in [-0.15, -0.1) is 0 Å². The third-order valence-corrected chi connectivity index (χ3v) is 4.70. The van der Waals surface area contributed by atoms with Gasteiger partial charge in [0, 0.05) is 19.5 Å². The molecule has 0 unspecified atom stereocenters. The molecule has 0 aromatic carbocycles. The zero-order valence-electron chi connectivity index (χ0n) is 13.3. The van der Waals surface area contributed by atoms with Crippen LogP contribution in [0.4, 0.5) is 0 Å². The number of carbonyl (C=O) groups excluding carboxylic acids is 2. The van der Waals surface area contributed by atoms with Gasteiger partial charge in [-0.05, 0) is 36.8 Å². The number of hydrogen-bond acceptors (Lipinski definition) is 3. The Morgan fingerprint density at radius 1 is 1.32 bits per heavy atom. The highest BCUT2D eigenvalue weighted by Gasteiger charge is 2.39. The van der Waals surface area contributed by atoms with Gasteiger partial charge >= 0.3 is 0 Å². The Balaban J connectivity index is 1.71. The molecule has 1 aromatic heterocycles. The van der Waals surface area contributed by atoms with Crippen LogP contribution in [0.3, 0.4) is 0 Å². The topological polar surface area (TPSA) is 53.8 Å². The Labute approximate surface area is 131 Å². The highest BCUT2D eigenvalue weighted by atomic mass is 16.3. The van der Waals surface area contributed by atoms with E-state index in [0.717, 1.165) is 18.8 Å². The summed E-state index contributed by atoms with van der Waals surface area (Å²) in [5.74, 6) is 1.95. The first-order valence-electron chi connectivity index (χ1n) is 8.15. The van der Waals surface area contributed by atoms with Crippen LogP contribution in [0.2, 0.25) is 0 Å². The minimum Gasteiger partial charge on any atom is -0.467 e. The fraction of sp³-hybridized carbons (Fsp3) is 0.647. The molecule has 0 radical (unpaired) electrons. The minimum absolute atomic E-state index is 0.0489. The normalized spacial score (nSPS) is 29.2. The first kappa shape index (κ1) is 15.1. The predicted octanol–water partition coefficient (Wildman–Crippen LogP) is 2.28. The monoisotopic (exact) mass is 304 g/mol. The Kier molecular flexibility index (Phi) is 4.23. The van der Waals surface area contributed by atoms with Crippen molar-refractivity contribution in [2.75, 3.05) is 13.1 Å². The second kappa shape index (κ2) is 6.15. The van der Waals surface area contributed by atoms with Crippen LogP contribution in [0.25, 0.3) is 0 Å². The molecule has 5 nitrogen and oxygen atoms in total. The zero-order valence-corrected chi connectivity index (χ0v) is 13.3. The summed E-state index contributed by atoms with van der Waals surface area (Å²) < 4.78 is 5.33. The lowest BCUT2D eigenvalue weighted by molar-refractivity contribution is -0.143. The van der Waals surface area contributed by atoms with Crippen LogP contribution in [-0.4, -0.2) is 40.7 Å². The second-order valence-electron chi connectivity index (χ2n) is 6.84. The van der Waals surface area contributed by atoms with Crippen molar-refractivity contribution in [1.29, 1.82) is 0 Å². The summed E-state index contributed by atoms with van der Waals surface area (Å²) in [4.78, 5) is 28.7. The van der Waals surface area contributed by atoms with Crippen molar-refractivity contribution in [1.82, 2.24) is 9.80 Å². The van der Waals surface area contributed by atoms with Gasteiger partial charge in [-0.1, -0.05) is 13.8 Å². The molecule has 0 aliphatic carbocycles. The van der Waals surface area contributed by atoms with Gasteiger partial charge in [-0.3, -0.25) is 9.59 Å². The Morgan fingerprint density at radius 2 is 2.05 bits per heavy atom. The summed E-state index contributed by atoms with van der Waals surface area (Å²) in [6.07, 6.45) is 3.85. The van der Waals surface area contributed by atoms with E-state index < -0.39 is 0 Å². The predicted molar refractivity (Wildman–Crippen MR) is 81.8 cm³/mol. The highest BCUT2D eigenvalue weighted by Crippen LogP contribution is 2.27. The van der Waals surface area contributed by atoms with Crippen LogP contribution in [0, 0.1) is 11.8 Å². The molecule has 0 saturated carbocycles. The summed E-state index contributed by atoms with van der Waals surface area (Å²) in [7, 11) is 0. The fourth-order valence-electron chi connectivity index (χ4n) is 3.81. The number of carbonyl (C=O) groups is 2. The molecular weight excluding hydrogens is 280 g/mol.